The van der Waals surface area contributed by atoms with Gasteiger partial charge in [-0.1, -0.05) is 69.5 Å². The van der Waals surface area contributed by atoms with Gasteiger partial charge in [0, 0.05) is 31.2 Å². The minimum Gasteiger partial charge on any atom is -0.481 e. The molecule has 0 radical (unpaired) electrons. The van der Waals surface area contributed by atoms with Gasteiger partial charge in [-0.15, -0.1) is 0 Å². The standard InChI is InChI=1S/C23H16BrCl2NO4/c24-15-5-10-19-18(11-15)22(30)27(23(19,31)14-3-8-17(26)9-4-14)20(12-21(28)29)13-1-6-16(25)7-2-13/h1-11,20,31H,12H2,(H,28,29). The Morgan fingerprint density at radius 3 is 2.16 bits per heavy atom. The zero-order chi connectivity index (χ0) is 22.3. The predicted molar refractivity (Wildman–Crippen MR) is 121 cm³/mol. The Balaban J connectivity index is 1.96. The fraction of sp³-hybridized carbons (Fsp3) is 0.130. The van der Waals surface area contributed by atoms with Crippen molar-refractivity contribution in [1.82, 2.24) is 4.90 Å². The number of hydrogen-bond donors (Lipinski definition) is 2. The molecule has 3 aromatic carbocycles. The van der Waals surface area contributed by atoms with Crippen LogP contribution < -0.4 is 0 Å². The van der Waals surface area contributed by atoms with Gasteiger partial charge in [0.15, 0.2) is 5.72 Å². The number of fused-ring (bicyclic) bond motifs is 1. The number of aliphatic carboxylic acids is 1. The lowest BCUT2D eigenvalue weighted by molar-refractivity contribution is -0.140. The summed E-state index contributed by atoms with van der Waals surface area (Å²) in [4.78, 5) is 26.6. The molecule has 0 saturated heterocycles. The molecule has 4 rings (SSSR count). The normalized spacial score (nSPS) is 18.7. The highest BCUT2D eigenvalue weighted by Crippen LogP contribution is 2.48. The van der Waals surface area contributed by atoms with Crippen molar-refractivity contribution < 1.29 is 19.8 Å². The van der Waals surface area contributed by atoms with E-state index in [1.54, 1.807) is 66.7 Å². The van der Waals surface area contributed by atoms with Crippen LogP contribution in [0.4, 0.5) is 0 Å². The highest BCUT2D eigenvalue weighted by molar-refractivity contribution is 9.10. The highest BCUT2D eigenvalue weighted by Gasteiger charge is 2.53. The number of rotatable bonds is 5. The molecular weight excluding hydrogens is 505 g/mol. The van der Waals surface area contributed by atoms with Gasteiger partial charge in [0.2, 0.25) is 0 Å². The van der Waals surface area contributed by atoms with Crippen LogP contribution in [0, 0.1) is 0 Å². The summed E-state index contributed by atoms with van der Waals surface area (Å²) < 4.78 is 0.668. The Hall–Kier alpha value is -2.38. The maximum atomic E-state index is 13.6. The molecule has 0 saturated carbocycles. The minimum atomic E-state index is -1.89. The third-order valence-electron chi connectivity index (χ3n) is 5.34. The molecule has 8 heteroatoms. The minimum absolute atomic E-state index is 0.288. The molecule has 3 aromatic rings. The summed E-state index contributed by atoms with van der Waals surface area (Å²) in [6.45, 7) is 0. The number of nitrogens with zero attached hydrogens (tertiary/aromatic N) is 1. The lowest BCUT2D eigenvalue weighted by Gasteiger charge is -2.40. The summed E-state index contributed by atoms with van der Waals surface area (Å²) in [5.41, 5.74) is -0.295. The van der Waals surface area contributed by atoms with Crippen molar-refractivity contribution in [3.63, 3.8) is 0 Å². The van der Waals surface area contributed by atoms with Gasteiger partial charge in [-0.2, -0.15) is 0 Å². The van der Waals surface area contributed by atoms with Crippen LogP contribution in [-0.4, -0.2) is 27.0 Å². The van der Waals surface area contributed by atoms with Gasteiger partial charge in [0.25, 0.3) is 5.91 Å². The van der Waals surface area contributed by atoms with E-state index in [4.69, 9.17) is 23.2 Å². The van der Waals surface area contributed by atoms with Crippen LogP contribution in [0.1, 0.15) is 39.5 Å². The molecule has 158 valence electrons. The zero-order valence-electron chi connectivity index (χ0n) is 15.9. The number of carboxylic acids is 1. The van der Waals surface area contributed by atoms with Crippen LogP contribution >= 0.6 is 39.1 Å². The third kappa shape index (κ3) is 3.85. The smallest absolute Gasteiger partial charge is 0.305 e. The first-order valence-corrected chi connectivity index (χ1v) is 10.9. The molecule has 31 heavy (non-hydrogen) atoms. The molecule has 0 fully saturated rings. The zero-order valence-corrected chi connectivity index (χ0v) is 19.0. The molecule has 1 heterocycles. The van der Waals surface area contributed by atoms with Gasteiger partial charge < -0.3 is 10.2 Å². The van der Waals surface area contributed by atoms with Crippen LogP contribution in [0.3, 0.4) is 0 Å². The van der Waals surface area contributed by atoms with Crippen molar-refractivity contribution in [3.05, 3.63) is 104 Å². The maximum Gasteiger partial charge on any atom is 0.305 e. The molecule has 5 nitrogen and oxygen atoms in total. The van der Waals surface area contributed by atoms with Gasteiger partial charge in [0.1, 0.15) is 0 Å². The van der Waals surface area contributed by atoms with E-state index in [-0.39, 0.29) is 5.56 Å². The van der Waals surface area contributed by atoms with Crippen molar-refractivity contribution in [2.45, 2.75) is 18.2 Å². The molecule has 1 aliphatic rings. The van der Waals surface area contributed by atoms with E-state index < -0.39 is 30.1 Å². The first-order chi connectivity index (χ1) is 14.7. The fourth-order valence-electron chi connectivity index (χ4n) is 3.96. The Morgan fingerprint density at radius 1 is 1.00 bits per heavy atom. The Bertz CT molecular complexity index is 1170. The summed E-state index contributed by atoms with van der Waals surface area (Å²) in [5.74, 6) is -1.58. The van der Waals surface area contributed by atoms with E-state index >= 15 is 0 Å². The fourth-order valence-corrected chi connectivity index (χ4v) is 4.57. The number of aliphatic hydroxyl groups is 1. The highest BCUT2D eigenvalue weighted by atomic mass is 79.9. The van der Waals surface area contributed by atoms with E-state index in [9.17, 15) is 19.8 Å². The summed E-state index contributed by atoms with van der Waals surface area (Å²) in [6, 6.07) is 17.1. The van der Waals surface area contributed by atoms with Crippen molar-refractivity contribution in [1.29, 1.82) is 0 Å². The second-order valence-electron chi connectivity index (χ2n) is 7.21. The number of carboxylic acid groups (broad SMARTS) is 1. The quantitative estimate of drug-likeness (QED) is 0.457. The van der Waals surface area contributed by atoms with E-state index in [2.05, 4.69) is 15.9 Å². The number of amides is 1. The monoisotopic (exact) mass is 519 g/mol. The van der Waals surface area contributed by atoms with E-state index in [1.807, 2.05) is 0 Å². The number of carbonyl (C=O) groups excluding carboxylic acids is 1. The number of carbonyl (C=O) groups is 2. The Labute approximate surface area is 197 Å². The van der Waals surface area contributed by atoms with Crippen LogP contribution in [0.25, 0.3) is 0 Å². The lowest BCUT2D eigenvalue weighted by Crippen LogP contribution is -2.47. The molecule has 1 aliphatic heterocycles. The van der Waals surface area contributed by atoms with Crippen molar-refractivity contribution >= 4 is 51.0 Å². The molecule has 0 spiro atoms. The number of halogens is 3. The van der Waals surface area contributed by atoms with Crippen LogP contribution in [0.5, 0.6) is 0 Å². The molecule has 2 atom stereocenters. The summed E-state index contributed by atoms with van der Waals surface area (Å²) in [6.07, 6.45) is -0.404. The SMILES string of the molecule is O=C(O)CC(c1ccc(Cl)cc1)N1C(=O)c2cc(Br)ccc2C1(O)c1ccc(Cl)cc1. The predicted octanol–water partition coefficient (Wildman–Crippen LogP) is 5.62. The van der Waals surface area contributed by atoms with Gasteiger partial charge in [0.05, 0.1) is 12.5 Å². The molecule has 0 aliphatic carbocycles. The Kier molecular flexibility index (Phi) is 5.83. The average Bonchev–Trinajstić information content (AvgIpc) is 2.94. The first-order valence-electron chi connectivity index (χ1n) is 9.31. The molecule has 0 aromatic heterocycles. The summed E-state index contributed by atoms with van der Waals surface area (Å²) >= 11 is 15.4. The van der Waals surface area contributed by atoms with Crippen LogP contribution in [-0.2, 0) is 10.5 Å². The van der Waals surface area contributed by atoms with Crippen molar-refractivity contribution in [3.8, 4) is 0 Å². The van der Waals surface area contributed by atoms with Crippen molar-refractivity contribution in [2.24, 2.45) is 0 Å². The average molecular weight is 521 g/mol. The third-order valence-corrected chi connectivity index (χ3v) is 6.33. The summed E-state index contributed by atoms with van der Waals surface area (Å²) in [5, 5.41) is 22.6. The van der Waals surface area contributed by atoms with Gasteiger partial charge in [-0.05, 0) is 42.0 Å². The van der Waals surface area contributed by atoms with Crippen LogP contribution in [0.2, 0.25) is 10.0 Å². The number of hydrogen-bond acceptors (Lipinski definition) is 3. The first kappa shape index (κ1) is 21.8. The summed E-state index contributed by atoms with van der Waals surface area (Å²) in [7, 11) is 0. The van der Waals surface area contributed by atoms with E-state index in [0.29, 0.717) is 31.2 Å². The van der Waals surface area contributed by atoms with E-state index in [0.717, 1.165) is 0 Å². The van der Waals surface area contributed by atoms with Gasteiger partial charge >= 0.3 is 5.97 Å². The molecule has 2 unspecified atom stereocenters. The topological polar surface area (TPSA) is 77.8 Å². The van der Waals surface area contributed by atoms with Crippen LogP contribution in [0.15, 0.2) is 71.2 Å². The molecule has 2 N–H and O–H groups in total. The van der Waals surface area contributed by atoms with Gasteiger partial charge in [-0.25, -0.2) is 0 Å². The van der Waals surface area contributed by atoms with Crippen molar-refractivity contribution in [2.75, 3.05) is 0 Å². The lowest BCUT2D eigenvalue weighted by atomic mass is 9.91. The maximum absolute atomic E-state index is 13.6. The second kappa shape index (κ2) is 8.28. The molecular formula is C23H16BrCl2NO4. The Morgan fingerprint density at radius 2 is 1.58 bits per heavy atom. The molecule has 0 bridgehead atoms. The second-order valence-corrected chi connectivity index (χ2v) is 9.00. The van der Waals surface area contributed by atoms with E-state index in [1.165, 1.54) is 4.90 Å². The van der Waals surface area contributed by atoms with Gasteiger partial charge in [-0.3, -0.25) is 14.5 Å². The largest absolute Gasteiger partial charge is 0.481 e. The molecule has 1 amide bonds. The number of benzene rings is 3.